The normalized spacial score (nSPS) is 16.5. The minimum atomic E-state index is -3.25. The number of sulfonamides is 1. The lowest BCUT2D eigenvalue weighted by Gasteiger charge is -2.31. The van der Waals surface area contributed by atoms with E-state index in [1.165, 1.54) is 7.05 Å². The van der Waals surface area contributed by atoms with Gasteiger partial charge in [-0.2, -0.15) is 0 Å². The van der Waals surface area contributed by atoms with Gasteiger partial charge in [0.25, 0.3) is 0 Å². The highest BCUT2D eigenvalue weighted by Gasteiger charge is 2.30. The van der Waals surface area contributed by atoms with Gasteiger partial charge in [0.2, 0.25) is 15.9 Å². The minimum Gasteiger partial charge on any atom is -0.342 e. The summed E-state index contributed by atoms with van der Waals surface area (Å²) >= 11 is 0. The van der Waals surface area contributed by atoms with Gasteiger partial charge in [0.15, 0.2) is 0 Å². The van der Waals surface area contributed by atoms with Crippen molar-refractivity contribution in [2.75, 3.05) is 20.1 Å². The van der Waals surface area contributed by atoms with Crippen molar-refractivity contribution in [1.29, 1.82) is 0 Å². The number of fused-ring (bicyclic) bond motifs is 1. The van der Waals surface area contributed by atoms with E-state index in [2.05, 4.69) is 9.71 Å². The molecular formula is C17H21N3O3S. The first-order valence-electron chi connectivity index (χ1n) is 8.03. The molecule has 0 radical (unpaired) electrons. The van der Waals surface area contributed by atoms with Crippen LogP contribution in [0.5, 0.6) is 0 Å². The van der Waals surface area contributed by atoms with Gasteiger partial charge in [-0.25, -0.2) is 13.1 Å². The molecule has 24 heavy (non-hydrogen) atoms. The highest BCUT2D eigenvalue weighted by molar-refractivity contribution is 7.90. The summed E-state index contributed by atoms with van der Waals surface area (Å²) in [6.45, 7) is 0.959. The van der Waals surface area contributed by atoms with Gasteiger partial charge in [0.1, 0.15) is 0 Å². The zero-order valence-corrected chi connectivity index (χ0v) is 14.4. The van der Waals surface area contributed by atoms with Gasteiger partial charge >= 0.3 is 0 Å². The smallest absolute Gasteiger partial charge is 0.227 e. The number of amides is 1. The molecule has 3 rings (SSSR count). The van der Waals surface area contributed by atoms with Crippen molar-refractivity contribution >= 4 is 26.7 Å². The maximum Gasteiger partial charge on any atom is 0.227 e. The van der Waals surface area contributed by atoms with Crippen molar-refractivity contribution in [1.82, 2.24) is 14.6 Å². The van der Waals surface area contributed by atoms with Crippen molar-refractivity contribution in [2.24, 2.45) is 0 Å². The van der Waals surface area contributed by atoms with E-state index in [0.717, 1.165) is 16.3 Å². The van der Waals surface area contributed by atoms with E-state index in [1.54, 1.807) is 17.3 Å². The van der Waals surface area contributed by atoms with E-state index >= 15 is 0 Å². The van der Waals surface area contributed by atoms with Crippen molar-refractivity contribution < 1.29 is 13.2 Å². The third-order valence-corrected chi connectivity index (χ3v) is 6.55. The molecule has 7 heteroatoms. The van der Waals surface area contributed by atoms with Crippen LogP contribution in [0.15, 0.2) is 36.7 Å². The fourth-order valence-electron chi connectivity index (χ4n) is 3.19. The van der Waals surface area contributed by atoms with Crippen LogP contribution in [0.25, 0.3) is 10.8 Å². The third-order valence-electron chi connectivity index (χ3n) is 4.63. The van der Waals surface area contributed by atoms with Gasteiger partial charge in [-0.3, -0.25) is 9.78 Å². The van der Waals surface area contributed by atoms with Gasteiger partial charge in [-0.15, -0.1) is 0 Å². The predicted octanol–water partition coefficient (Wildman–Crippen LogP) is 1.32. The van der Waals surface area contributed by atoms with Gasteiger partial charge in [-0.1, -0.05) is 18.2 Å². The number of carbonyl (C=O) groups excluding carboxylic acids is 1. The van der Waals surface area contributed by atoms with Crippen LogP contribution in [0.2, 0.25) is 0 Å². The quantitative estimate of drug-likeness (QED) is 0.905. The van der Waals surface area contributed by atoms with Crippen LogP contribution in [0.3, 0.4) is 0 Å². The second-order valence-corrected chi connectivity index (χ2v) is 8.18. The highest BCUT2D eigenvalue weighted by Crippen LogP contribution is 2.21. The number of hydrogen-bond donors (Lipinski definition) is 1. The number of rotatable bonds is 4. The Hall–Kier alpha value is -1.99. The third kappa shape index (κ3) is 3.42. The van der Waals surface area contributed by atoms with E-state index in [9.17, 15) is 13.2 Å². The zero-order chi connectivity index (χ0) is 17.2. The number of benzene rings is 1. The van der Waals surface area contributed by atoms with Crippen molar-refractivity contribution in [3.05, 3.63) is 42.2 Å². The van der Waals surface area contributed by atoms with E-state index in [-0.39, 0.29) is 5.91 Å². The SMILES string of the molecule is CNS(=O)(=O)C1CCN(C(=O)Cc2cccc3ccncc23)CC1. The molecule has 1 aliphatic heterocycles. The summed E-state index contributed by atoms with van der Waals surface area (Å²) in [6.07, 6.45) is 4.79. The molecule has 1 aromatic carbocycles. The monoisotopic (exact) mass is 347 g/mol. The molecule has 2 aromatic rings. The molecule has 1 saturated heterocycles. The first-order valence-corrected chi connectivity index (χ1v) is 9.57. The Bertz CT molecular complexity index is 838. The number of nitrogens with one attached hydrogen (secondary N) is 1. The first kappa shape index (κ1) is 16.9. The first-order chi connectivity index (χ1) is 11.5. The average molecular weight is 347 g/mol. The Kier molecular flexibility index (Phi) is 4.82. The number of pyridine rings is 1. The van der Waals surface area contributed by atoms with E-state index in [4.69, 9.17) is 0 Å². The van der Waals surface area contributed by atoms with Crippen LogP contribution in [0, 0.1) is 0 Å². The molecule has 0 spiro atoms. The van der Waals surface area contributed by atoms with Crippen molar-refractivity contribution in [3.8, 4) is 0 Å². The average Bonchev–Trinajstić information content (AvgIpc) is 2.62. The van der Waals surface area contributed by atoms with Crippen LogP contribution in [-0.4, -0.2) is 49.6 Å². The topological polar surface area (TPSA) is 79.4 Å². The zero-order valence-electron chi connectivity index (χ0n) is 13.6. The molecule has 1 N–H and O–H groups in total. The molecule has 6 nitrogen and oxygen atoms in total. The molecular weight excluding hydrogens is 326 g/mol. The number of likely N-dealkylation sites (tertiary alicyclic amines) is 1. The standard InChI is InChI=1S/C17H21N3O3S/c1-18-24(22,23)15-6-9-20(10-7-15)17(21)11-14-4-2-3-13-5-8-19-12-16(13)14/h2-5,8,12,15,18H,6-7,9-11H2,1H3. The fourth-order valence-corrected chi connectivity index (χ4v) is 4.35. The summed E-state index contributed by atoms with van der Waals surface area (Å²) in [5.41, 5.74) is 0.954. The molecule has 0 saturated carbocycles. The second kappa shape index (κ2) is 6.86. The Balaban J connectivity index is 1.68. The van der Waals surface area contributed by atoms with Crippen LogP contribution >= 0.6 is 0 Å². The molecule has 1 aromatic heterocycles. The van der Waals surface area contributed by atoms with Crippen LogP contribution in [-0.2, 0) is 21.2 Å². The highest BCUT2D eigenvalue weighted by atomic mass is 32.2. The molecule has 1 amide bonds. The number of hydrogen-bond acceptors (Lipinski definition) is 4. The molecule has 0 aliphatic carbocycles. The summed E-state index contributed by atoms with van der Waals surface area (Å²) in [5, 5.41) is 1.64. The van der Waals surface area contributed by atoms with Crippen molar-refractivity contribution in [2.45, 2.75) is 24.5 Å². The van der Waals surface area contributed by atoms with Crippen molar-refractivity contribution in [3.63, 3.8) is 0 Å². The molecule has 0 bridgehead atoms. The maximum absolute atomic E-state index is 12.6. The lowest BCUT2D eigenvalue weighted by Crippen LogP contribution is -2.45. The second-order valence-electron chi connectivity index (χ2n) is 6.02. The summed E-state index contributed by atoms with van der Waals surface area (Å²) in [5.74, 6) is 0.0339. The molecule has 2 heterocycles. The van der Waals surface area contributed by atoms with E-state index < -0.39 is 15.3 Å². The van der Waals surface area contributed by atoms with Gasteiger partial charge in [0.05, 0.1) is 11.7 Å². The van der Waals surface area contributed by atoms with E-state index in [0.29, 0.717) is 32.4 Å². The summed E-state index contributed by atoms with van der Waals surface area (Å²) < 4.78 is 26.1. The predicted molar refractivity (Wildman–Crippen MR) is 93.0 cm³/mol. The number of carbonyl (C=O) groups is 1. The van der Waals surface area contributed by atoms with Gasteiger partial charge in [0, 0.05) is 30.9 Å². The Morgan fingerprint density at radius 1 is 1.29 bits per heavy atom. The van der Waals surface area contributed by atoms with Crippen LogP contribution in [0.4, 0.5) is 0 Å². The summed E-state index contributed by atoms with van der Waals surface area (Å²) in [4.78, 5) is 18.5. The lowest BCUT2D eigenvalue weighted by atomic mass is 10.0. The van der Waals surface area contributed by atoms with E-state index in [1.807, 2.05) is 24.3 Å². The summed E-state index contributed by atoms with van der Waals surface area (Å²) in [7, 11) is -1.82. The minimum absolute atomic E-state index is 0.0339. The largest absolute Gasteiger partial charge is 0.342 e. The van der Waals surface area contributed by atoms with Crippen LogP contribution < -0.4 is 4.72 Å². The lowest BCUT2D eigenvalue weighted by molar-refractivity contribution is -0.131. The fraction of sp³-hybridized carbons (Fsp3) is 0.412. The summed E-state index contributed by atoms with van der Waals surface area (Å²) in [6, 6.07) is 7.81. The Labute approximate surface area is 141 Å². The van der Waals surface area contributed by atoms with Crippen LogP contribution in [0.1, 0.15) is 18.4 Å². The molecule has 0 atom stereocenters. The molecule has 1 aliphatic rings. The Morgan fingerprint density at radius 2 is 2.04 bits per heavy atom. The molecule has 128 valence electrons. The maximum atomic E-state index is 12.6. The van der Waals surface area contributed by atoms with Gasteiger partial charge < -0.3 is 4.90 Å². The molecule has 0 unspecified atom stereocenters. The Morgan fingerprint density at radius 3 is 2.75 bits per heavy atom. The number of aromatic nitrogens is 1. The molecule has 1 fully saturated rings. The number of piperidine rings is 1. The number of nitrogens with zero attached hydrogens (tertiary/aromatic N) is 2. The van der Waals surface area contributed by atoms with Gasteiger partial charge in [-0.05, 0) is 36.9 Å².